The first kappa shape index (κ1) is 12.3. The van der Waals surface area contributed by atoms with Gasteiger partial charge in [0.05, 0.1) is 16.3 Å². The van der Waals surface area contributed by atoms with Crippen molar-refractivity contribution in [3.05, 3.63) is 28.3 Å². The molecule has 1 saturated heterocycles. The lowest BCUT2D eigenvalue weighted by molar-refractivity contribution is -0.384. The summed E-state index contributed by atoms with van der Waals surface area (Å²) in [6, 6.07) is 5.43. The summed E-state index contributed by atoms with van der Waals surface area (Å²) >= 11 is 0. The molecule has 3 rings (SSSR count). The van der Waals surface area contributed by atoms with E-state index in [1.54, 1.807) is 6.07 Å². The van der Waals surface area contributed by atoms with E-state index in [2.05, 4.69) is 4.90 Å². The maximum Gasteiger partial charge on any atom is 0.271 e. The quantitative estimate of drug-likeness (QED) is 0.504. The van der Waals surface area contributed by atoms with Crippen molar-refractivity contribution in [2.24, 2.45) is 5.92 Å². The minimum Gasteiger partial charge on any atom is -0.397 e. The van der Waals surface area contributed by atoms with E-state index in [1.807, 2.05) is 6.07 Å². The minimum absolute atomic E-state index is 0.0706. The van der Waals surface area contributed by atoms with Gasteiger partial charge in [0.25, 0.3) is 5.69 Å². The molecule has 2 atom stereocenters. The van der Waals surface area contributed by atoms with Gasteiger partial charge < -0.3 is 10.6 Å². The summed E-state index contributed by atoms with van der Waals surface area (Å²) in [6.07, 6.45) is 6.33. The number of nitrogen functional groups attached to an aromatic ring is 1. The Hall–Kier alpha value is -1.78. The fourth-order valence-electron chi connectivity index (χ4n) is 3.67. The molecule has 102 valence electrons. The average Bonchev–Trinajstić information content (AvgIpc) is 2.86. The zero-order chi connectivity index (χ0) is 13.4. The normalized spacial score (nSPS) is 26.2. The third-order valence-electron chi connectivity index (χ3n) is 4.52. The molecule has 2 N–H and O–H groups in total. The first-order chi connectivity index (χ1) is 9.16. The van der Waals surface area contributed by atoms with Gasteiger partial charge >= 0.3 is 0 Å². The smallest absolute Gasteiger partial charge is 0.271 e. The summed E-state index contributed by atoms with van der Waals surface area (Å²) in [6.45, 7) is 1.02. The number of rotatable bonds is 2. The van der Waals surface area contributed by atoms with Gasteiger partial charge in [-0.25, -0.2) is 0 Å². The highest BCUT2D eigenvalue weighted by molar-refractivity contribution is 5.71. The highest BCUT2D eigenvalue weighted by atomic mass is 16.6. The van der Waals surface area contributed by atoms with E-state index in [9.17, 15) is 10.1 Å². The number of non-ortho nitro benzene ring substituents is 1. The molecule has 19 heavy (non-hydrogen) atoms. The number of piperidine rings is 1. The summed E-state index contributed by atoms with van der Waals surface area (Å²) in [4.78, 5) is 12.7. The SMILES string of the molecule is Nc1cc([N+](=O)[O-])ccc1N1CCCC2CCCC21. The third kappa shape index (κ3) is 2.13. The Balaban J connectivity index is 1.90. The second-order valence-corrected chi connectivity index (χ2v) is 5.59. The lowest BCUT2D eigenvalue weighted by atomic mass is 9.91. The fourth-order valence-corrected chi connectivity index (χ4v) is 3.67. The molecular weight excluding hydrogens is 242 g/mol. The van der Waals surface area contributed by atoms with Crippen molar-refractivity contribution in [3.63, 3.8) is 0 Å². The van der Waals surface area contributed by atoms with Gasteiger partial charge in [-0.3, -0.25) is 10.1 Å². The van der Waals surface area contributed by atoms with Gasteiger partial charge in [-0.15, -0.1) is 0 Å². The van der Waals surface area contributed by atoms with Crippen molar-refractivity contribution in [2.75, 3.05) is 17.2 Å². The molecule has 2 fully saturated rings. The number of nitro benzene ring substituents is 1. The molecule has 1 aromatic carbocycles. The summed E-state index contributed by atoms with van der Waals surface area (Å²) in [7, 11) is 0. The van der Waals surface area contributed by atoms with Gasteiger partial charge in [-0.05, 0) is 37.7 Å². The number of nitrogens with zero attached hydrogens (tertiary/aromatic N) is 2. The lowest BCUT2D eigenvalue weighted by Gasteiger charge is -2.40. The Kier molecular flexibility index (Phi) is 3.05. The predicted octanol–water partition coefficient (Wildman–Crippen LogP) is 2.95. The van der Waals surface area contributed by atoms with Crippen molar-refractivity contribution in [3.8, 4) is 0 Å². The van der Waals surface area contributed by atoms with Crippen molar-refractivity contribution in [1.82, 2.24) is 0 Å². The Labute approximate surface area is 112 Å². The average molecular weight is 261 g/mol. The topological polar surface area (TPSA) is 72.4 Å². The van der Waals surface area contributed by atoms with Crippen LogP contribution in [0.2, 0.25) is 0 Å². The maximum atomic E-state index is 10.8. The molecule has 0 spiro atoms. The Morgan fingerprint density at radius 1 is 1.26 bits per heavy atom. The van der Waals surface area contributed by atoms with Crippen LogP contribution in [-0.4, -0.2) is 17.5 Å². The highest BCUT2D eigenvalue weighted by Gasteiger charge is 2.35. The summed E-state index contributed by atoms with van der Waals surface area (Å²) < 4.78 is 0. The molecule has 2 unspecified atom stereocenters. The van der Waals surface area contributed by atoms with E-state index in [0.717, 1.165) is 18.2 Å². The monoisotopic (exact) mass is 261 g/mol. The molecule has 5 heteroatoms. The van der Waals surface area contributed by atoms with Crippen molar-refractivity contribution < 1.29 is 4.92 Å². The summed E-state index contributed by atoms with van der Waals surface area (Å²) in [5.41, 5.74) is 7.60. The van der Waals surface area contributed by atoms with Crippen LogP contribution >= 0.6 is 0 Å². The zero-order valence-electron chi connectivity index (χ0n) is 10.9. The molecule has 1 aliphatic heterocycles. The van der Waals surface area contributed by atoms with Crippen molar-refractivity contribution in [1.29, 1.82) is 0 Å². The van der Waals surface area contributed by atoms with Crippen molar-refractivity contribution in [2.45, 2.75) is 38.1 Å². The first-order valence-corrected chi connectivity index (χ1v) is 6.97. The number of nitro groups is 1. The van der Waals surface area contributed by atoms with E-state index in [4.69, 9.17) is 5.73 Å². The molecule has 1 aromatic rings. The molecule has 5 nitrogen and oxygen atoms in total. The number of hydrogen-bond donors (Lipinski definition) is 1. The zero-order valence-corrected chi connectivity index (χ0v) is 10.9. The largest absolute Gasteiger partial charge is 0.397 e. The second kappa shape index (κ2) is 4.72. The van der Waals surface area contributed by atoms with Crippen LogP contribution in [0.3, 0.4) is 0 Å². The number of fused-ring (bicyclic) bond motifs is 1. The van der Waals surface area contributed by atoms with E-state index in [-0.39, 0.29) is 5.69 Å². The van der Waals surface area contributed by atoms with Crippen LogP contribution < -0.4 is 10.6 Å². The summed E-state index contributed by atoms with van der Waals surface area (Å²) in [5, 5.41) is 10.8. The Bertz CT molecular complexity index is 503. The molecular formula is C14H19N3O2. The Morgan fingerprint density at radius 2 is 2.05 bits per heavy atom. The minimum atomic E-state index is -0.394. The van der Waals surface area contributed by atoms with E-state index in [1.165, 1.54) is 38.2 Å². The van der Waals surface area contributed by atoms with Crippen LogP contribution in [0.5, 0.6) is 0 Å². The number of benzene rings is 1. The van der Waals surface area contributed by atoms with Crippen LogP contribution in [0.25, 0.3) is 0 Å². The molecule has 1 aliphatic carbocycles. The van der Waals surface area contributed by atoms with Crippen LogP contribution in [0, 0.1) is 16.0 Å². The van der Waals surface area contributed by atoms with E-state index >= 15 is 0 Å². The van der Waals surface area contributed by atoms with Gasteiger partial charge in [0.1, 0.15) is 0 Å². The maximum absolute atomic E-state index is 10.8. The number of hydrogen-bond acceptors (Lipinski definition) is 4. The molecule has 1 saturated carbocycles. The van der Waals surface area contributed by atoms with Crippen LogP contribution in [0.1, 0.15) is 32.1 Å². The molecule has 0 bridgehead atoms. The molecule has 2 aliphatic rings. The van der Waals surface area contributed by atoms with E-state index < -0.39 is 4.92 Å². The van der Waals surface area contributed by atoms with Gasteiger partial charge in [-0.2, -0.15) is 0 Å². The second-order valence-electron chi connectivity index (χ2n) is 5.59. The van der Waals surface area contributed by atoms with Crippen molar-refractivity contribution >= 4 is 17.1 Å². The lowest BCUT2D eigenvalue weighted by Crippen LogP contribution is -2.42. The third-order valence-corrected chi connectivity index (χ3v) is 4.52. The number of nitrogens with two attached hydrogens (primary N) is 1. The standard InChI is InChI=1S/C14H19N3O2/c15-12-9-11(17(18)19)6-7-14(12)16-8-2-4-10-3-1-5-13(10)16/h6-7,9-10,13H,1-5,8,15H2. The number of anilines is 2. The fraction of sp³-hybridized carbons (Fsp3) is 0.571. The molecule has 1 heterocycles. The van der Waals surface area contributed by atoms with Crippen LogP contribution in [0.15, 0.2) is 18.2 Å². The molecule has 0 radical (unpaired) electrons. The highest BCUT2D eigenvalue weighted by Crippen LogP contribution is 2.41. The summed E-state index contributed by atoms with van der Waals surface area (Å²) in [5.74, 6) is 0.781. The van der Waals surface area contributed by atoms with E-state index in [0.29, 0.717) is 11.7 Å². The molecule has 0 amide bonds. The van der Waals surface area contributed by atoms with Crippen LogP contribution in [-0.2, 0) is 0 Å². The van der Waals surface area contributed by atoms with Gasteiger partial charge in [-0.1, -0.05) is 6.42 Å². The van der Waals surface area contributed by atoms with Crippen LogP contribution in [0.4, 0.5) is 17.1 Å². The first-order valence-electron chi connectivity index (χ1n) is 6.97. The Morgan fingerprint density at radius 3 is 2.79 bits per heavy atom. The van der Waals surface area contributed by atoms with Gasteiger partial charge in [0, 0.05) is 24.7 Å². The van der Waals surface area contributed by atoms with Gasteiger partial charge in [0.2, 0.25) is 0 Å². The molecule has 0 aromatic heterocycles. The predicted molar refractivity (Wildman–Crippen MR) is 75.2 cm³/mol. The van der Waals surface area contributed by atoms with Gasteiger partial charge in [0.15, 0.2) is 0 Å².